The van der Waals surface area contributed by atoms with E-state index in [-0.39, 0.29) is 6.10 Å². The Bertz CT molecular complexity index is 461. The van der Waals surface area contributed by atoms with Gasteiger partial charge in [0, 0.05) is 18.8 Å². The summed E-state index contributed by atoms with van der Waals surface area (Å²) in [5.74, 6) is 0.812. The molecular weight excluding hydrogens is 234 g/mol. The van der Waals surface area contributed by atoms with Gasteiger partial charge in [-0.1, -0.05) is 12.2 Å². The number of aromatic nitrogens is 1. The van der Waals surface area contributed by atoms with E-state index >= 15 is 0 Å². The third kappa shape index (κ3) is 2.40. The van der Waals surface area contributed by atoms with E-state index in [2.05, 4.69) is 9.88 Å². The van der Waals surface area contributed by atoms with Gasteiger partial charge < -0.3 is 15.7 Å². The molecule has 0 saturated carbocycles. The highest BCUT2D eigenvalue weighted by Crippen LogP contribution is 2.25. The molecule has 0 aromatic carbocycles. The van der Waals surface area contributed by atoms with Gasteiger partial charge in [-0.15, -0.1) is 0 Å². The Hall–Kier alpha value is -1.20. The van der Waals surface area contributed by atoms with Crippen molar-refractivity contribution >= 4 is 23.0 Å². The summed E-state index contributed by atoms with van der Waals surface area (Å²) < 4.78 is 0. The molecule has 2 rings (SSSR count). The van der Waals surface area contributed by atoms with E-state index in [9.17, 15) is 5.11 Å². The second-order valence-electron chi connectivity index (χ2n) is 4.53. The minimum Gasteiger partial charge on any atom is -0.391 e. The molecule has 2 heterocycles. The molecule has 1 aromatic heterocycles. The standard InChI is InChI=1S/C12H17N3OS/c1-7-5-8(2)14-12(10(7)11(13)17)15-4-3-9(16)6-15/h5,9,16H,3-4,6H2,1-2H3,(H2,13,17). The number of aliphatic hydroxyl groups excluding tert-OH is 1. The zero-order valence-electron chi connectivity index (χ0n) is 10.1. The summed E-state index contributed by atoms with van der Waals surface area (Å²) in [6.07, 6.45) is 0.489. The fourth-order valence-electron chi connectivity index (χ4n) is 2.28. The van der Waals surface area contributed by atoms with Crippen LogP contribution < -0.4 is 10.6 Å². The van der Waals surface area contributed by atoms with Crippen LogP contribution in [0.5, 0.6) is 0 Å². The minimum absolute atomic E-state index is 0.281. The number of β-amino-alcohol motifs (C(OH)–C–C–N with tert-alkyl or cyclic N) is 1. The zero-order valence-corrected chi connectivity index (χ0v) is 10.9. The molecular formula is C12H17N3OS. The third-order valence-corrected chi connectivity index (χ3v) is 3.24. The van der Waals surface area contributed by atoms with Crippen molar-refractivity contribution in [3.8, 4) is 0 Å². The maximum atomic E-state index is 9.60. The van der Waals surface area contributed by atoms with E-state index in [0.29, 0.717) is 11.5 Å². The molecule has 0 spiro atoms. The van der Waals surface area contributed by atoms with Crippen LogP contribution in [0.3, 0.4) is 0 Å². The van der Waals surface area contributed by atoms with Gasteiger partial charge in [0.1, 0.15) is 10.8 Å². The Morgan fingerprint density at radius 1 is 1.59 bits per heavy atom. The average Bonchev–Trinajstić information content (AvgIpc) is 2.62. The maximum absolute atomic E-state index is 9.60. The van der Waals surface area contributed by atoms with Gasteiger partial charge in [-0.25, -0.2) is 4.98 Å². The first-order valence-electron chi connectivity index (χ1n) is 5.70. The Morgan fingerprint density at radius 2 is 2.29 bits per heavy atom. The SMILES string of the molecule is Cc1cc(C)c(C(N)=S)c(N2CCC(O)C2)n1. The summed E-state index contributed by atoms with van der Waals surface area (Å²) in [7, 11) is 0. The maximum Gasteiger partial charge on any atom is 0.139 e. The van der Waals surface area contributed by atoms with Crippen LogP contribution in [-0.2, 0) is 0 Å². The van der Waals surface area contributed by atoms with Crippen LogP contribution in [0.25, 0.3) is 0 Å². The summed E-state index contributed by atoms with van der Waals surface area (Å²) in [5, 5.41) is 9.60. The van der Waals surface area contributed by atoms with Crippen molar-refractivity contribution in [3.63, 3.8) is 0 Å². The Labute approximate surface area is 106 Å². The number of rotatable bonds is 2. The zero-order chi connectivity index (χ0) is 12.6. The van der Waals surface area contributed by atoms with E-state index in [1.165, 1.54) is 0 Å². The number of thiocarbonyl (C=S) groups is 1. The van der Waals surface area contributed by atoms with Crippen molar-refractivity contribution in [3.05, 3.63) is 22.9 Å². The summed E-state index contributed by atoms with van der Waals surface area (Å²) in [5.41, 5.74) is 8.59. The molecule has 92 valence electrons. The van der Waals surface area contributed by atoms with E-state index in [1.807, 2.05) is 19.9 Å². The quantitative estimate of drug-likeness (QED) is 0.765. The molecule has 1 atom stereocenters. The second-order valence-corrected chi connectivity index (χ2v) is 4.97. The van der Waals surface area contributed by atoms with Gasteiger partial charge in [0.05, 0.1) is 11.7 Å². The number of nitrogens with zero attached hydrogens (tertiary/aromatic N) is 2. The molecule has 0 bridgehead atoms. The molecule has 1 fully saturated rings. The van der Waals surface area contributed by atoms with Crippen LogP contribution in [0.15, 0.2) is 6.07 Å². The molecule has 3 N–H and O–H groups in total. The predicted octanol–water partition coefficient (Wildman–Crippen LogP) is 0.904. The highest BCUT2D eigenvalue weighted by atomic mass is 32.1. The lowest BCUT2D eigenvalue weighted by Gasteiger charge is -2.21. The minimum atomic E-state index is -0.281. The van der Waals surface area contributed by atoms with Crippen molar-refractivity contribution < 1.29 is 5.11 Å². The topological polar surface area (TPSA) is 62.4 Å². The van der Waals surface area contributed by atoms with E-state index in [4.69, 9.17) is 18.0 Å². The van der Waals surface area contributed by atoms with E-state index in [1.54, 1.807) is 0 Å². The molecule has 17 heavy (non-hydrogen) atoms. The molecule has 5 heteroatoms. The smallest absolute Gasteiger partial charge is 0.139 e. The number of aryl methyl sites for hydroxylation is 2. The number of pyridine rings is 1. The number of hydrogen-bond donors (Lipinski definition) is 2. The summed E-state index contributed by atoms with van der Waals surface area (Å²) in [6.45, 7) is 5.34. The molecule has 0 aliphatic carbocycles. The Balaban J connectivity index is 2.47. The molecule has 1 aliphatic rings. The first-order chi connectivity index (χ1) is 7.99. The molecule has 0 amide bonds. The first kappa shape index (κ1) is 12.3. The van der Waals surface area contributed by atoms with E-state index in [0.717, 1.165) is 35.6 Å². The lowest BCUT2D eigenvalue weighted by atomic mass is 10.1. The van der Waals surface area contributed by atoms with Crippen LogP contribution in [0, 0.1) is 13.8 Å². The monoisotopic (exact) mass is 251 g/mol. The second kappa shape index (κ2) is 4.58. The van der Waals surface area contributed by atoms with Gasteiger partial charge in [-0.2, -0.15) is 0 Å². The van der Waals surface area contributed by atoms with Crippen LogP contribution in [-0.4, -0.2) is 34.3 Å². The molecule has 1 unspecified atom stereocenters. The van der Waals surface area contributed by atoms with Crippen LogP contribution in [0.1, 0.15) is 23.2 Å². The van der Waals surface area contributed by atoms with E-state index < -0.39 is 0 Å². The number of aliphatic hydroxyl groups is 1. The fourth-order valence-corrected chi connectivity index (χ4v) is 2.54. The van der Waals surface area contributed by atoms with Gasteiger partial charge in [-0.05, 0) is 31.9 Å². The highest BCUT2D eigenvalue weighted by molar-refractivity contribution is 7.80. The number of anilines is 1. The number of nitrogens with two attached hydrogens (primary N) is 1. The summed E-state index contributed by atoms with van der Waals surface area (Å²) >= 11 is 5.09. The van der Waals surface area contributed by atoms with Crippen LogP contribution in [0.2, 0.25) is 0 Å². The van der Waals surface area contributed by atoms with Crippen LogP contribution in [0.4, 0.5) is 5.82 Å². The predicted molar refractivity (Wildman–Crippen MR) is 72.4 cm³/mol. The van der Waals surface area contributed by atoms with Gasteiger partial charge in [-0.3, -0.25) is 0 Å². The third-order valence-electron chi connectivity index (χ3n) is 3.03. The van der Waals surface area contributed by atoms with Crippen molar-refractivity contribution in [1.29, 1.82) is 0 Å². The van der Waals surface area contributed by atoms with Crippen molar-refractivity contribution in [2.45, 2.75) is 26.4 Å². The lowest BCUT2D eigenvalue weighted by Crippen LogP contribution is -2.27. The summed E-state index contributed by atoms with van der Waals surface area (Å²) in [6, 6.07) is 1.98. The van der Waals surface area contributed by atoms with Crippen molar-refractivity contribution in [2.75, 3.05) is 18.0 Å². The Kier molecular flexibility index (Phi) is 3.31. The largest absolute Gasteiger partial charge is 0.391 e. The molecule has 1 aliphatic heterocycles. The van der Waals surface area contributed by atoms with Gasteiger partial charge >= 0.3 is 0 Å². The molecule has 4 nitrogen and oxygen atoms in total. The molecule has 1 aromatic rings. The molecule has 1 saturated heterocycles. The lowest BCUT2D eigenvalue weighted by molar-refractivity contribution is 0.198. The highest BCUT2D eigenvalue weighted by Gasteiger charge is 2.25. The Morgan fingerprint density at radius 3 is 2.82 bits per heavy atom. The average molecular weight is 251 g/mol. The van der Waals surface area contributed by atoms with Gasteiger partial charge in [0.2, 0.25) is 0 Å². The van der Waals surface area contributed by atoms with Crippen molar-refractivity contribution in [1.82, 2.24) is 4.98 Å². The van der Waals surface area contributed by atoms with Crippen LogP contribution >= 0.6 is 12.2 Å². The fraction of sp³-hybridized carbons (Fsp3) is 0.500. The first-order valence-corrected chi connectivity index (χ1v) is 6.11. The number of hydrogen-bond acceptors (Lipinski definition) is 4. The normalized spacial score (nSPS) is 19.7. The molecule has 0 radical (unpaired) electrons. The summed E-state index contributed by atoms with van der Waals surface area (Å²) in [4.78, 5) is 6.94. The van der Waals surface area contributed by atoms with Gasteiger partial charge in [0.15, 0.2) is 0 Å². The van der Waals surface area contributed by atoms with Crippen molar-refractivity contribution in [2.24, 2.45) is 5.73 Å². The van der Waals surface area contributed by atoms with Gasteiger partial charge in [0.25, 0.3) is 0 Å².